The van der Waals surface area contributed by atoms with Crippen LogP contribution in [-0.2, 0) is 0 Å². The van der Waals surface area contributed by atoms with Gasteiger partial charge in [0, 0.05) is 28.1 Å². The van der Waals surface area contributed by atoms with Crippen molar-refractivity contribution < 1.29 is 19.0 Å². The number of benzene rings is 3. The van der Waals surface area contributed by atoms with Crippen LogP contribution >= 0.6 is 0 Å². The van der Waals surface area contributed by atoms with E-state index < -0.39 is 0 Å². The van der Waals surface area contributed by atoms with E-state index in [-0.39, 0.29) is 5.78 Å². The summed E-state index contributed by atoms with van der Waals surface area (Å²) in [6, 6.07) is 18.7. The Morgan fingerprint density at radius 1 is 0.774 bits per heavy atom. The number of rotatable bonds is 5. The van der Waals surface area contributed by atoms with Crippen LogP contribution in [0, 0.1) is 0 Å². The van der Waals surface area contributed by atoms with Crippen molar-refractivity contribution in [1.29, 1.82) is 0 Å². The number of nitrogens with zero attached hydrogens (tertiary/aromatic N) is 1. The summed E-state index contributed by atoms with van der Waals surface area (Å²) >= 11 is 0. The van der Waals surface area contributed by atoms with Gasteiger partial charge in [-0.25, -0.2) is 4.98 Å². The first-order chi connectivity index (χ1) is 15.1. The minimum atomic E-state index is -0.0387. The number of carbonyl (C=O) groups is 1. The summed E-state index contributed by atoms with van der Waals surface area (Å²) in [6.45, 7) is 0. The van der Waals surface area contributed by atoms with Crippen LogP contribution in [0.15, 0.2) is 60.7 Å². The maximum atomic E-state index is 13.4. The molecule has 1 aliphatic carbocycles. The summed E-state index contributed by atoms with van der Waals surface area (Å²) in [6.07, 6.45) is 0. The minimum Gasteiger partial charge on any atom is -0.497 e. The van der Waals surface area contributed by atoms with Gasteiger partial charge in [0.25, 0.3) is 0 Å². The molecule has 6 nitrogen and oxygen atoms in total. The van der Waals surface area contributed by atoms with Gasteiger partial charge in [0.1, 0.15) is 23.1 Å². The second-order valence-electron chi connectivity index (χ2n) is 7.16. The summed E-state index contributed by atoms with van der Waals surface area (Å²) in [4.78, 5) is 18.3. The van der Waals surface area contributed by atoms with Gasteiger partial charge in [-0.15, -0.1) is 0 Å². The fourth-order valence-corrected chi connectivity index (χ4v) is 4.03. The molecular formula is C25H20N2O4. The van der Waals surface area contributed by atoms with Gasteiger partial charge >= 0.3 is 0 Å². The van der Waals surface area contributed by atoms with Gasteiger partial charge in [-0.2, -0.15) is 0 Å². The maximum absolute atomic E-state index is 13.4. The molecule has 0 amide bonds. The first-order valence-corrected chi connectivity index (χ1v) is 9.79. The molecule has 1 aliphatic rings. The number of anilines is 2. The zero-order valence-corrected chi connectivity index (χ0v) is 17.4. The number of aromatic nitrogens is 1. The average Bonchev–Trinajstić information content (AvgIpc) is 3.11. The van der Waals surface area contributed by atoms with Gasteiger partial charge in [0.15, 0.2) is 5.78 Å². The van der Waals surface area contributed by atoms with E-state index in [1.54, 1.807) is 27.4 Å². The van der Waals surface area contributed by atoms with Crippen molar-refractivity contribution in [3.8, 4) is 28.4 Å². The third kappa shape index (κ3) is 2.95. The molecule has 4 aromatic rings. The first-order valence-electron chi connectivity index (χ1n) is 9.79. The lowest BCUT2D eigenvalue weighted by molar-refractivity contribution is 0.104. The third-order valence-electron chi connectivity index (χ3n) is 5.52. The lowest BCUT2D eigenvalue weighted by Gasteiger charge is -2.16. The number of carbonyl (C=O) groups excluding carboxylic acids is 1. The van der Waals surface area contributed by atoms with Crippen molar-refractivity contribution in [2.75, 3.05) is 26.6 Å². The molecule has 0 saturated carbocycles. The fourth-order valence-electron chi connectivity index (χ4n) is 4.03. The molecule has 0 fully saturated rings. The van der Waals surface area contributed by atoms with Crippen molar-refractivity contribution in [2.45, 2.75) is 0 Å². The summed E-state index contributed by atoms with van der Waals surface area (Å²) in [5.41, 5.74) is 4.26. The molecule has 0 unspecified atom stereocenters. The number of fused-ring (bicyclic) bond motifs is 5. The van der Waals surface area contributed by atoms with Gasteiger partial charge in [-0.05, 0) is 42.0 Å². The predicted molar refractivity (Wildman–Crippen MR) is 120 cm³/mol. The molecular weight excluding hydrogens is 392 g/mol. The van der Waals surface area contributed by atoms with Gasteiger partial charge in [-0.1, -0.05) is 18.2 Å². The third-order valence-corrected chi connectivity index (χ3v) is 5.52. The maximum Gasteiger partial charge on any atom is 0.195 e. The number of methoxy groups -OCH3 is 3. The van der Waals surface area contributed by atoms with E-state index in [1.807, 2.05) is 54.6 Å². The Labute approximate surface area is 179 Å². The molecule has 0 radical (unpaired) electrons. The minimum absolute atomic E-state index is 0.0387. The van der Waals surface area contributed by atoms with Gasteiger partial charge < -0.3 is 19.5 Å². The SMILES string of the molecule is COc1ccc(OC)c(Nc2nc3ccccc3c3c2-c2ccc(OC)cc2C3=O)c1. The van der Waals surface area contributed by atoms with E-state index in [4.69, 9.17) is 19.2 Å². The summed E-state index contributed by atoms with van der Waals surface area (Å²) in [5, 5.41) is 4.20. The Bertz CT molecular complexity index is 1350. The van der Waals surface area contributed by atoms with Crippen molar-refractivity contribution in [3.05, 3.63) is 71.8 Å². The monoisotopic (exact) mass is 412 g/mol. The Morgan fingerprint density at radius 2 is 1.52 bits per heavy atom. The van der Waals surface area contributed by atoms with Crippen LogP contribution in [0.5, 0.6) is 17.2 Å². The van der Waals surface area contributed by atoms with Gasteiger partial charge in [0.2, 0.25) is 0 Å². The highest BCUT2D eigenvalue weighted by atomic mass is 16.5. The second-order valence-corrected chi connectivity index (χ2v) is 7.16. The Hall–Kier alpha value is -4.06. The topological polar surface area (TPSA) is 69.7 Å². The number of hydrogen-bond donors (Lipinski definition) is 1. The largest absolute Gasteiger partial charge is 0.497 e. The fraction of sp³-hybridized carbons (Fsp3) is 0.120. The normalized spacial score (nSPS) is 11.8. The van der Waals surface area contributed by atoms with Crippen LogP contribution < -0.4 is 19.5 Å². The molecule has 5 rings (SSSR count). The van der Waals surface area contributed by atoms with Crippen LogP contribution in [0.1, 0.15) is 15.9 Å². The molecule has 0 atom stereocenters. The molecule has 3 aromatic carbocycles. The zero-order valence-electron chi connectivity index (χ0n) is 17.4. The Balaban J connectivity index is 1.77. The molecule has 6 heteroatoms. The van der Waals surface area contributed by atoms with Gasteiger partial charge in [0.05, 0.1) is 32.5 Å². The van der Waals surface area contributed by atoms with Crippen molar-refractivity contribution in [1.82, 2.24) is 4.98 Å². The van der Waals surface area contributed by atoms with E-state index in [1.165, 1.54) is 0 Å². The van der Waals surface area contributed by atoms with E-state index in [9.17, 15) is 4.79 Å². The van der Waals surface area contributed by atoms with Crippen molar-refractivity contribution in [3.63, 3.8) is 0 Å². The molecule has 31 heavy (non-hydrogen) atoms. The molecule has 0 saturated heterocycles. The van der Waals surface area contributed by atoms with Crippen LogP contribution in [0.2, 0.25) is 0 Å². The summed E-state index contributed by atoms with van der Waals surface area (Å²) in [5.74, 6) is 2.51. The number of nitrogens with one attached hydrogen (secondary N) is 1. The number of hydrogen-bond acceptors (Lipinski definition) is 6. The van der Waals surface area contributed by atoms with E-state index in [0.717, 1.165) is 22.0 Å². The van der Waals surface area contributed by atoms with E-state index in [0.29, 0.717) is 39.9 Å². The predicted octanol–water partition coefficient (Wildman–Crippen LogP) is 5.22. The molecule has 1 heterocycles. The smallest absolute Gasteiger partial charge is 0.195 e. The quantitative estimate of drug-likeness (QED) is 0.427. The van der Waals surface area contributed by atoms with E-state index >= 15 is 0 Å². The van der Waals surface area contributed by atoms with Gasteiger partial charge in [-0.3, -0.25) is 4.79 Å². The van der Waals surface area contributed by atoms with Crippen LogP contribution in [-0.4, -0.2) is 32.1 Å². The summed E-state index contributed by atoms with van der Waals surface area (Å²) in [7, 11) is 4.81. The van der Waals surface area contributed by atoms with Crippen molar-refractivity contribution in [2.24, 2.45) is 0 Å². The second kappa shape index (κ2) is 7.32. The highest BCUT2D eigenvalue weighted by Gasteiger charge is 2.32. The van der Waals surface area contributed by atoms with E-state index in [2.05, 4.69) is 5.32 Å². The molecule has 0 aliphatic heterocycles. The molecule has 0 bridgehead atoms. The first kappa shape index (κ1) is 18.9. The Morgan fingerprint density at radius 3 is 2.29 bits per heavy atom. The lowest BCUT2D eigenvalue weighted by atomic mass is 10.0. The van der Waals surface area contributed by atoms with Crippen LogP contribution in [0.25, 0.3) is 22.0 Å². The molecule has 1 N–H and O–H groups in total. The van der Waals surface area contributed by atoms with Crippen LogP contribution in [0.3, 0.4) is 0 Å². The highest BCUT2D eigenvalue weighted by molar-refractivity contribution is 6.28. The standard InChI is InChI=1S/C25H20N2O4/c1-29-14-8-10-16-18(12-14)24(28)22-17-6-4-5-7-19(17)26-25(23(16)22)27-20-13-15(30-2)9-11-21(20)31-3/h4-13H,1-3H3,(H,26,27). The number of pyridine rings is 1. The number of ketones is 1. The molecule has 154 valence electrons. The number of ether oxygens (including phenoxy) is 3. The summed E-state index contributed by atoms with van der Waals surface area (Å²) < 4.78 is 16.2. The molecule has 0 spiro atoms. The lowest BCUT2D eigenvalue weighted by Crippen LogP contribution is -2.02. The molecule has 1 aromatic heterocycles. The Kier molecular flexibility index (Phi) is 4.47. The highest BCUT2D eigenvalue weighted by Crippen LogP contribution is 2.46. The van der Waals surface area contributed by atoms with Crippen LogP contribution in [0.4, 0.5) is 11.5 Å². The zero-order chi connectivity index (χ0) is 21.5. The van der Waals surface area contributed by atoms with Crippen molar-refractivity contribution >= 4 is 28.2 Å². The average molecular weight is 412 g/mol. The number of para-hydroxylation sites is 1.